The number of fused-ring (bicyclic) bond motifs is 1. The van der Waals surface area contributed by atoms with E-state index in [9.17, 15) is 9.59 Å². The number of aryl methyl sites for hydroxylation is 1. The molecular weight excluding hydrogens is 320 g/mol. The maximum absolute atomic E-state index is 13.4. The van der Waals surface area contributed by atoms with E-state index >= 15 is 0 Å². The molecule has 0 N–H and O–H groups in total. The molecule has 5 aliphatic rings. The molecule has 2 aliphatic carbocycles. The average Bonchev–Trinajstić information content (AvgIpc) is 2.99. The van der Waals surface area contributed by atoms with Crippen molar-refractivity contribution >= 4 is 11.9 Å². The SMILES string of the molecule is Cc1cccc2c1[C@]13O[C@H](C)[C@]4(C)C[C@@H]5OC(=O)[C@@]1(C)[C@@H]5[C@]34C(=O)O2. The Balaban J connectivity index is 1.81. The zero-order valence-electron chi connectivity index (χ0n) is 14.7. The monoisotopic (exact) mass is 340 g/mol. The van der Waals surface area contributed by atoms with E-state index in [0.29, 0.717) is 12.2 Å². The van der Waals surface area contributed by atoms with Gasteiger partial charge in [0, 0.05) is 16.9 Å². The van der Waals surface area contributed by atoms with Gasteiger partial charge in [0.2, 0.25) is 0 Å². The first-order valence-electron chi connectivity index (χ1n) is 8.98. The molecule has 5 nitrogen and oxygen atoms in total. The van der Waals surface area contributed by atoms with Crippen molar-refractivity contribution in [1.29, 1.82) is 0 Å². The highest BCUT2D eigenvalue weighted by atomic mass is 16.6. The standard InChI is InChI=1S/C20H20O5/c1-9-6-5-7-11-13(9)20-18(4)14-12(24-15(18)21)8-17(3,10(2)25-20)19(14,20)16(22)23-11/h5-7,10,12,14H,8H2,1-4H3/t10-,12+,14-,17+,18-,19-,20+/m1/s1. The van der Waals surface area contributed by atoms with Crippen LogP contribution < -0.4 is 4.74 Å². The lowest BCUT2D eigenvalue weighted by Crippen LogP contribution is -2.79. The third-order valence-electron chi connectivity index (χ3n) is 8.32. The zero-order chi connectivity index (χ0) is 17.6. The van der Waals surface area contributed by atoms with Crippen molar-refractivity contribution < 1.29 is 23.8 Å². The Morgan fingerprint density at radius 3 is 2.68 bits per heavy atom. The van der Waals surface area contributed by atoms with Gasteiger partial charge in [-0.25, -0.2) is 0 Å². The van der Waals surface area contributed by atoms with Crippen LogP contribution in [0.3, 0.4) is 0 Å². The molecule has 5 heteroatoms. The molecule has 2 saturated carbocycles. The molecule has 25 heavy (non-hydrogen) atoms. The van der Waals surface area contributed by atoms with E-state index in [-0.39, 0.29) is 30.1 Å². The van der Waals surface area contributed by atoms with Gasteiger partial charge in [-0.1, -0.05) is 19.1 Å². The molecule has 0 aromatic heterocycles. The fourth-order valence-corrected chi connectivity index (χ4v) is 7.42. The molecule has 1 aromatic rings. The van der Waals surface area contributed by atoms with Gasteiger partial charge in [0.05, 0.1) is 6.10 Å². The lowest BCUT2D eigenvalue weighted by molar-refractivity contribution is -0.285. The zero-order valence-corrected chi connectivity index (χ0v) is 14.7. The van der Waals surface area contributed by atoms with Gasteiger partial charge in [-0.15, -0.1) is 0 Å². The molecule has 2 saturated heterocycles. The minimum atomic E-state index is -0.989. The first-order valence-corrected chi connectivity index (χ1v) is 8.98. The number of benzene rings is 1. The Kier molecular flexibility index (Phi) is 2.00. The van der Waals surface area contributed by atoms with E-state index in [2.05, 4.69) is 6.92 Å². The van der Waals surface area contributed by atoms with Crippen molar-refractivity contribution in [3.05, 3.63) is 29.3 Å². The van der Waals surface area contributed by atoms with Crippen LogP contribution in [-0.2, 0) is 24.7 Å². The van der Waals surface area contributed by atoms with Crippen LogP contribution in [0.5, 0.6) is 5.75 Å². The van der Waals surface area contributed by atoms with E-state index in [1.807, 2.05) is 32.9 Å². The van der Waals surface area contributed by atoms with Gasteiger partial charge in [-0.2, -0.15) is 0 Å². The molecule has 3 heterocycles. The van der Waals surface area contributed by atoms with Gasteiger partial charge in [0.1, 0.15) is 28.3 Å². The van der Waals surface area contributed by atoms with Crippen LogP contribution >= 0.6 is 0 Å². The van der Waals surface area contributed by atoms with Crippen LogP contribution in [0.1, 0.15) is 38.3 Å². The molecule has 6 rings (SSSR count). The molecule has 130 valence electrons. The summed E-state index contributed by atoms with van der Waals surface area (Å²) in [7, 11) is 0. The predicted molar refractivity (Wildman–Crippen MR) is 85.7 cm³/mol. The summed E-state index contributed by atoms with van der Waals surface area (Å²) in [4.78, 5) is 26.4. The van der Waals surface area contributed by atoms with Gasteiger partial charge in [-0.05, 0) is 38.8 Å². The Morgan fingerprint density at radius 1 is 1.16 bits per heavy atom. The number of carbonyl (C=O) groups excluding carboxylic acids is 2. The molecule has 0 unspecified atom stereocenters. The number of esters is 2. The highest BCUT2D eigenvalue weighted by Crippen LogP contribution is 2.91. The fourth-order valence-electron chi connectivity index (χ4n) is 7.42. The van der Waals surface area contributed by atoms with Crippen LogP contribution in [0.15, 0.2) is 18.2 Å². The lowest BCUT2D eigenvalue weighted by atomic mass is 9.33. The summed E-state index contributed by atoms with van der Waals surface area (Å²) in [6, 6.07) is 5.67. The van der Waals surface area contributed by atoms with Crippen LogP contribution in [0, 0.1) is 29.1 Å². The first kappa shape index (κ1) is 14.3. The summed E-state index contributed by atoms with van der Waals surface area (Å²) >= 11 is 0. The van der Waals surface area contributed by atoms with Crippen LogP contribution in [-0.4, -0.2) is 24.1 Å². The van der Waals surface area contributed by atoms with Crippen molar-refractivity contribution in [3.8, 4) is 5.75 Å². The van der Waals surface area contributed by atoms with Crippen LogP contribution in [0.2, 0.25) is 0 Å². The maximum Gasteiger partial charge on any atom is 0.321 e. The van der Waals surface area contributed by atoms with Gasteiger partial charge in [0.25, 0.3) is 0 Å². The number of hydrogen-bond acceptors (Lipinski definition) is 5. The van der Waals surface area contributed by atoms with E-state index in [1.165, 1.54) is 0 Å². The van der Waals surface area contributed by atoms with Crippen molar-refractivity contribution in [2.24, 2.45) is 22.2 Å². The Morgan fingerprint density at radius 2 is 1.92 bits per heavy atom. The van der Waals surface area contributed by atoms with E-state index < -0.39 is 21.8 Å². The Bertz CT molecular complexity index is 907. The van der Waals surface area contributed by atoms with Gasteiger partial charge in [0.15, 0.2) is 0 Å². The molecule has 0 radical (unpaired) electrons. The smallest absolute Gasteiger partial charge is 0.321 e. The van der Waals surface area contributed by atoms with E-state index in [1.54, 1.807) is 6.07 Å². The van der Waals surface area contributed by atoms with E-state index in [0.717, 1.165) is 11.1 Å². The summed E-state index contributed by atoms with van der Waals surface area (Å²) in [5.41, 5.74) is -1.23. The Labute approximate surface area is 145 Å². The second-order valence-electron chi connectivity index (χ2n) is 8.83. The van der Waals surface area contributed by atoms with Crippen molar-refractivity contribution in [2.45, 2.75) is 51.9 Å². The second-order valence-corrected chi connectivity index (χ2v) is 8.83. The average molecular weight is 340 g/mol. The molecule has 0 bridgehead atoms. The van der Waals surface area contributed by atoms with Crippen LogP contribution in [0.25, 0.3) is 0 Å². The highest BCUT2D eigenvalue weighted by molar-refractivity contribution is 5.98. The highest BCUT2D eigenvalue weighted by Gasteiger charge is 3.01. The van der Waals surface area contributed by atoms with Gasteiger partial charge < -0.3 is 14.2 Å². The summed E-state index contributed by atoms with van der Waals surface area (Å²) in [6.07, 6.45) is 0.271. The topological polar surface area (TPSA) is 61.8 Å². The number of rotatable bonds is 0. The largest absolute Gasteiger partial charge is 0.461 e. The third kappa shape index (κ3) is 0.949. The quantitative estimate of drug-likeness (QED) is 0.536. The molecule has 1 spiro atoms. The summed E-state index contributed by atoms with van der Waals surface area (Å²) in [5.74, 6) is -0.142. The molecule has 0 amide bonds. The molecule has 4 fully saturated rings. The summed E-state index contributed by atoms with van der Waals surface area (Å²) in [5, 5.41) is 0. The number of ether oxygens (including phenoxy) is 3. The molecule has 7 atom stereocenters. The van der Waals surface area contributed by atoms with Gasteiger partial charge in [-0.3, -0.25) is 9.59 Å². The summed E-state index contributed by atoms with van der Waals surface area (Å²) < 4.78 is 18.3. The predicted octanol–water partition coefficient (Wildman–Crippen LogP) is 2.49. The van der Waals surface area contributed by atoms with Gasteiger partial charge >= 0.3 is 11.9 Å². The lowest BCUT2D eigenvalue weighted by Gasteiger charge is -2.67. The number of carbonyl (C=O) groups is 2. The van der Waals surface area contributed by atoms with Crippen molar-refractivity contribution in [2.75, 3.05) is 0 Å². The van der Waals surface area contributed by atoms with Crippen molar-refractivity contribution in [1.82, 2.24) is 0 Å². The molecule has 3 aliphatic heterocycles. The van der Waals surface area contributed by atoms with E-state index in [4.69, 9.17) is 14.2 Å². The van der Waals surface area contributed by atoms with Crippen LogP contribution in [0.4, 0.5) is 0 Å². The fraction of sp³-hybridized carbons (Fsp3) is 0.600. The normalized spacial score (nSPS) is 53.5. The minimum Gasteiger partial charge on any atom is -0.461 e. The molecule has 1 aromatic carbocycles. The Hall–Kier alpha value is -1.88. The summed E-state index contributed by atoms with van der Waals surface area (Å²) in [6.45, 7) is 8.05. The minimum absolute atomic E-state index is 0.158. The maximum atomic E-state index is 13.4. The van der Waals surface area contributed by atoms with Crippen molar-refractivity contribution in [3.63, 3.8) is 0 Å². The first-order chi connectivity index (χ1) is 11.8. The number of hydrogen-bond donors (Lipinski definition) is 0. The third-order valence-corrected chi connectivity index (χ3v) is 8.32. The second kappa shape index (κ2) is 3.50. The molecular formula is C20H20O5.